The summed E-state index contributed by atoms with van der Waals surface area (Å²) in [4.78, 5) is 11.0. The van der Waals surface area contributed by atoms with Gasteiger partial charge in [-0.2, -0.15) is 0 Å². The molecule has 0 heterocycles. The molecule has 0 aromatic heterocycles. The van der Waals surface area contributed by atoms with E-state index in [2.05, 4.69) is 6.58 Å². The van der Waals surface area contributed by atoms with E-state index in [0.29, 0.717) is 6.42 Å². The Kier molecular flexibility index (Phi) is 3.39. The van der Waals surface area contributed by atoms with Crippen LogP contribution in [-0.2, 0) is 11.2 Å². The van der Waals surface area contributed by atoms with Crippen molar-refractivity contribution < 1.29 is 19.7 Å². The van der Waals surface area contributed by atoms with Gasteiger partial charge in [0.05, 0.1) is 13.2 Å². The SMILES string of the molecule is C=C(C(=O)O)C1c2ccc(OC)cc2CCC1O. The Morgan fingerprint density at radius 3 is 2.83 bits per heavy atom. The zero-order valence-corrected chi connectivity index (χ0v) is 10.2. The molecule has 0 bridgehead atoms. The van der Waals surface area contributed by atoms with Gasteiger partial charge in [-0.15, -0.1) is 0 Å². The molecule has 0 saturated heterocycles. The molecule has 0 amide bonds. The number of benzene rings is 1. The molecule has 1 aliphatic carbocycles. The molecule has 4 nitrogen and oxygen atoms in total. The first-order valence-corrected chi connectivity index (χ1v) is 5.81. The van der Waals surface area contributed by atoms with Gasteiger partial charge in [0.25, 0.3) is 0 Å². The molecule has 0 radical (unpaired) electrons. The molecule has 18 heavy (non-hydrogen) atoms. The van der Waals surface area contributed by atoms with Crippen LogP contribution in [0.1, 0.15) is 23.5 Å². The normalized spacial score (nSPS) is 22.1. The van der Waals surface area contributed by atoms with Crippen molar-refractivity contribution >= 4 is 5.97 Å². The number of aliphatic carboxylic acids is 1. The minimum absolute atomic E-state index is 0.0358. The number of methoxy groups -OCH3 is 1. The van der Waals surface area contributed by atoms with Crippen LogP contribution in [0.25, 0.3) is 0 Å². The Labute approximate surface area is 106 Å². The first-order valence-electron chi connectivity index (χ1n) is 5.81. The van der Waals surface area contributed by atoms with Crippen molar-refractivity contribution in [1.29, 1.82) is 0 Å². The molecular formula is C14H16O4. The van der Waals surface area contributed by atoms with E-state index in [1.807, 2.05) is 12.1 Å². The average Bonchev–Trinajstić information content (AvgIpc) is 2.37. The molecule has 1 aromatic carbocycles. The lowest BCUT2D eigenvalue weighted by Crippen LogP contribution is -2.28. The van der Waals surface area contributed by atoms with Crippen LogP contribution in [0.3, 0.4) is 0 Å². The lowest BCUT2D eigenvalue weighted by molar-refractivity contribution is -0.133. The van der Waals surface area contributed by atoms with Crippen LogP contribution in [0.4, 0.5) is 0 Å². The Hall–Kier alpha value is -1.81. The maximum atomic E-state index is 11.0. The minimum atomic E-state index is -1.07. The van der Waals surface area contributed by atoms with E-state index in [9.17, 15) is 9.90 Å². The summed E-state index contributed by atoms with van der Waals surface area (Å²) < 4.78 is 5.15. The van der Waals surface area contributed by atoms with Gasteiger partial charge in [-0.3, -0.25) is 0 Å². The molecular weight excluding hydrogens is 232 g/mol. The molecule has 96 valence electrons. The molecule has 2 unspecified atom stereocenters. The standard InChI is InChI=1S/C14H16O4/c1-8(14(16)17)13-11-5-4-10(18-2)7-9(11)3-6-12(13)15/h4-5,7,12-13,15H,1,3,6H2,2H3,(H,16,17). The number of hydrogen-bond donors (Lipinski definition) is 2. The molecule has 1 aliphatic rings. The van der Waals surface area contributed by atoms with Gasteiger partial charge in [-0.25, -0.2) is 4.79 Å². The highest BCUT2D eigenvalue weighted by Gasteiger charge is 2.32. The van der Waals surface area contributed by atoms with Crippen molar-refractivity contribution in [2.24, 2.45) is 0 Å². The van der Waals surface area contributed by atoms with Gasteiger partial charge in [-0.1, -0.05) is 12.6 Å². The summed E-state index contributed by atoms with van der Waals surface area (Å²) in [5.41, 5.74) is 1.89. The molecule has 0 saturated carbocycles. The van der Waals surface area contributed by atoms with Crippen LogP contribution < -0.4 is 4.74 Å². The molecule has 1 aromatic rings. The molecule has 0 aliphatic heterocycles. The molecule has 0 fully saturated rings. The molecule has 2 rings (SSSR count). The van der Waals surface area contributed by atoms with Crippen LogP contribution >= 0.6 is 0 Å². The fourth-order valence-electron chi connectivity index (χ4n) is 2.46. The Bertz CT molecular complexity index is 493. The second-order valence-electron chi connectivity index (χ2n) is 4.48. The van der Waals surface area contributed by atoms with E-state index in [1.165, 1.54) is 0 Å². The second kappa shape index (κ2) is 4.82. The second-order valence-corrected chi connectivity index (χ2v) is 4.48. The third-order valence-corrected chi connectivity index (χ3v) is 3.43. The number of carboxylic acid groups (broad SMARTS) is 1. The van der Waals surface area contributed by atoms with E-state index in [-0.39, 0.29) is 5.57 Å². The molecule has 2 N–H and O–H groups in total. The quantitative estimate of drug-likeness (QED) is 0.799. The van der Waals surface area contributed by atoms with Gasteiger partial charge in [0.15, 0.2) is 0 Å². The number of aliphatic hydroxyl groups excluding tert-OH is 1. The highest BCUT2D eigenvalue weighted by Crippen LogP contribution is 2.37. The van der Waals surface area contributed by atoms with Crippen molar-refractivity contribution in [3.63, 3.8) is 0 Å². The topological polar surface area (TPSA) is 66.8 Å². The number of aryl methyl sites for hydroxylation is 1. The Morgan fingerprint density at radius 1 is 1.50 bits per heavy atom. The zero-order chi connectivity index (χ0) is 13.3. The van der Waals surface area contributed by atoms with Crippen LogP contribution in [0.15, 0.2) is 30.4 Å². The van der Waals surface area contributed by atoms with Crippen LogP contribution in [0.5, 0.6) is 5.75 Å². The summed E-state index contributed by atoms with van der Waals surface area (Å²) in [6.07, 6.45) is 0.573. The van der Waals surface area contributed by atoms with Crippen molar-refractivity contribution in [3.8, 4) is 5.75 Å². The van der Waals surface area contributed by atoms with Gasteiger partial charge >= 0.3 is 5.97 Å². The third kappa shape index (κ3) is 2.11. The average molecular weight is 248 g/mol. The molecule has 4 heteroatoms. The lowest BCUT2D eigenvalue weighted by Gasteiger charge is -2.30. The van der Waals surface area contributed by atoms with E-state index in [1.54, 1.807) is 13.2 Å². The number of fused-ring (bicyclic) bond motifs is 1. The molecule has 2 atom stereocenters. The van der Waals surface area contributed by atoms with Gasteiger partial charge in [0.1, 0.15) is 5.75 Å². The van der Waals surface area contributed by atoms with Crippen molar-refractivity contribution in [2.75, 3.05) is 7.11 Å². The van der Waals surface area contributed by atoms with Crippen LogP contribution in [0.2, 0.25) is 0 Å². The number of carboxylic acids is 1. The van der Waals surface area contributed by atoms with Crippen LogP contribution in [0, 0.1) is 0 Å². The van der Waals surface area contributed by atoms with Gasteiger partial charge in [0.2, 0.25) is 0 Å². The lowest BCUT2D eigenvalue weighted by atomic mass is 9.77. The van der Waals surface area contributed by atoms with Gasteiger partial charge < -0.3 is 14.9 Å². The van der Waals surface area contributed by atoms with E-state index >= 15 is 0 Å². The zero-order valence-electron chi connectivity index (χ0n) is 10.2. The number of rotatable bonds is 3. The van der Waals surface area contributed by atoms with E-state index < -0.39 is 18.0 Å². The number of ether oxygens (including phenoxy) is 1. The van der Waals surface area contributed by atoms with Crippen molar-refractivity contribution in [3.05, 3.63) is 41.5 Å². The van der Waals surface area contributed by atoms with E-state index in [4.69, 9.17) is 9.84 Å². The maximum absolute atomic E-state index is 11.0. The fourth-order valence-corrected chi connectivity index (χ4v) is 2.46. The van der Waals surface area contributed by atoms with Crippen molar-refractivity contribution in [1.82, 2.24) is 0 Å². The number of carbonyl (C=O) groups is 1. The summed E-state index contributed by atoms with van der Waals surface area (Å²) in [5.74, 6) is -0.857. The van der Waals surface area contributed by atoms with Crippen molar-refractivity contribution in [2.45, 2.75) is 24.9 Å². The van der Waals surface area contributed by atoms with E-state index in [0.717, 1.165) is 23.3 Å². The first-order chi connectivity index (χ1) is 8.54. The van der Waals surface area contributed by atoms with Gasteiger partial charge in [-0.05, 0) is 36.1 Å². The number of hydrogen-bond acceptors (Lipinski definition) is 3. The summed E-state index contributed by atoms with van der Waals surface area (Å²) in [6, 6.07) is 5.48. The predicted octanol–water partition coefficient (Wildman–Crippen LogP) is 1.73. The summed E-state index contributed by atoms with van der Waals surface area (Å²) in [7, 11) is 1.59. The predicted molar refractivity (Wildman–Crippen MR) is 66.8 cm³/mol. The van der Waals surface area contributed by atoms with Crippen LogP contribution in [-0.4, -0.2) is 29.4 Å². The maximum Gasteiger partial charge on any atom is 0.331 e. The smallest absolute Gasteiger partial charge is 0.331 e. The Balaban J connectivity index is 2.44. The summed E-state index contributed by atoms with van der Waals surface area (Å²) >= 11 is 0. The minimum Gasteiger partial charge on any atom is -0.497 e. The summed E-state index contributed by atoms with van der Waals surface area (Å²) in [6.45, 7) is 3.58. The third-order valence-electron chi connectivity index (χ3n) is 3.43. The number of aliphatic hydroxyl groups is 1. The fraction of sp³-hybridized carbons (Fsp3) is 0.357. The highest BCUT2D eigenvalue weighted by molar-refractivity contribution is 5.88. The van der Waals surface area contributed by atoms with Gasteiger partial charge in [0, 0.05) is 11.5 Å². The molecule has 0 spiro atoms. The monoisotopic (exact) mass is 248 g/mol. The Morgan fingerprint density at radius 2 is 2.22 bits per heavy atom. The first kappa shape index (κ1) is 12.6. The highest BCUT2D eigenvalue weighted by atomic mass is 16.5. The summed E-state index contributed by atoms with van der Waals surface area (Å²) in [5, 5.41) is 19.0. The largest absolute Gasteiger partial charge is 0.497 e.